The molecule has 0 unspecified atom stereocenters. The van der Waals surface area contributed by atoms with Crippen LogP contribution in [0.3, 0.4) is 0 Å². The van der Waals surface area contributed by atoms with Crippen LogP contribution in [0.15, 0.2) is 12.4 Å². The molecule has 0 saturated heterocycles. The highest BCUT2D eigenvalue weighted by molar-refractivity contribution is 5.80. The highest BCUT2D eigenvalue weighted by Gasteiger charge is 2.01. The lowest BCUT2D eigenvalue weighted by Crippen LogP contribution is -1.89. The van der Waals surface area contributed by atoms with Crippen LogP contribution in [-0.2, 0) is 7.05 Å². The summed E-state index contributed by atoms with van der Waals surface area (Å²) in [5, 5.41) is 5.29. The SMILES string of the molecule is Cc1[nH]cc2cnn(C)c12. The number of fused-ring (bicyclic) bond motifs is 1. The van der Waals surface area contributed by atoms with Gasteiger partial charge in [0.05, 0.1) is 11.7 Å². The minimum atomic E-state index is 1.18. The standard InChI is InChI=1S/C7H9N3/c1-5-7-6(3-8-5)4-9-10(7)2/h3-4,8H,1-2H3. The van der Waals surface area contributed by atoms with Gasteiger partial charge in [0.2, 0.25) is 0 Å². The van der Waals surface area contributed by atoms with Crippen LogP contribution in [0, 0.1) is 6.92 Å². The minimum Gasteiger partial charge on any atom is -0.363 e. The normalized spacial score (nSPS) is 11.0. The predicted molar refractivity (Wildman–Crippen MR) is 39.8 cm³/mol. The zero-order chi connectivity index (χ0) is 7.14. The summed E-state index contributed by atoms with van der Waals surface area (Å²) in [6, 6.07) is 0. The van der Waals surface area contributed by atoms with Gasteiger partial charge in [-0.15, -0.1) is 0 Å². The van der Waals surface area contributed by atoms with Gasteiger partial charge in [0, 0.05) is 24.3 Å². The first kappa shape index (κ1) is 5.53. The van der Waals surface area contributed by atoms with E-state index in [1.807, 2.05) is 31.0 Å². The molecular formula is C7H9N3. The van der Waals surface area contributed by atoms with Crippen molar-refractivity contribution in [1.82, 2.24) is 14.8 Å². The Labute approximate surface area is 58.7 Å². The van der Waals surface area contributed by atoms with Crippen LogP contribution < -0.4 is 0 Å². The largest absolute Gasteiger partial charge is 0.363 e. The first-order valence-corrected chi connectivity index (χ1v) is 3.25. The Kier molecular flexibility index (Phi) is 0.897. The predicted octanol–water partition coefficient (Wildman–Crippen LogP) is 1.21. The third-order valence-electron chi connectivity index (χ3n) is 1.77. The third kappa shape index (κ3) is 0.518. The van der Waals surface area contributed by atoms with Crippen LogP contribution >= 0.6 is 0 Å². The molecule has 0 amide bonds. The average molecular weight is 135 g/mol. The Morgan fingerprint density at radius 1 is 1.60 bits per heavy atom. The lowest BCUT2D eigenvalue weighted by atomic mass is 10.4. The van der Waals surface area contributed by atoms with Gasteiger partial charge in [0.25, 0.3) is 0 Å². The van der Waals surface area contributed by atoms with Crippen molar-refractivity contribution in [3.63, 3.8) is 0 Å². The second-order valence-electron chi connectivity index (χ2n) is 2.49. The van der Waals surface area contributed by atoms with E-state index in [4.69, 9.17) is 0 Å². The maximum absolute atomic E-state index is 4.11. The topological polar surface area (TPSA) is 33.6 Å². The molecular weight excluding hydrogens is 126 g/mol. The summed E-state index contributed by atoms with van der Waals surface area (Å²) in [6.07, 6.45) is 3.83. The molecule has 0 aromatic carbocycles. The van der Waals surface area contributed by atoms with E-state index in [-0.39, 0.29) is 0 Å². The Hall–Kier alpha value is -1.25. The minimum absolute atomic E-state index is 1.18. The Balaban J connectivity index is 2.98. The summed E-state index contributed by atoms with van der Waals surface area (Å²) in [5.74, 6) is 0. The summed E-state index contributed by atoms with van der Waals surface area (Å²) < 4.78 is 1.88. The van der Waals surface area contributed by atoms with Crippen molar-refractivity contribution in [1.29, 1.82) is 0 Å². The summed E-state index contributed by atoms with van der Waals surface area (Å²) in [4.78, 5) is 3.14. The van der Waals surface area contributed by atoms with Gasteiger partial charge in [-0.2, -0.15) is 5.10 Å². The zero-order valence-electron chi connectivity index (χ0n) is 6.05. The molecule has 2 aromatic heterocycles. The van der Waals surface area contributed by atoms with E-state index >= 15 is 0 Å². The second-order valence-corrected chi connectivity index (χ2v) is 2.49. The second kappa shape index (κ2) is 1.62. The molecule has 0 atom stereocenters. The number of rotatable bonds is 0. The number of H-pyrrole nitrogens is 1. The molecule has 3 nitrogen and oxygen atoms in total. The van der Waals surface area contributed by atoms with Crippen molar-refractivity contribution in [2.45, 2.75) is 6.92 Å². The number of aromatic amines is 1. The lowest BCUT2D eigenvalue weighted by Gasteiger charge is -1.89. The monoisotopic (exact) mass is 135 g/mol. The average Bonchev–Trinajstić information content (AvgIpc) is 2.40. The molecule has 0 aliphatic rings. The fourth-order valence-electron chi connectivity index (χ4n) is 1.27. The first-order chi connectivity index (χ1) is 4.79. The molecule has 0 aliphatic carbocycles. The summed E-state index contributed by atoms with van der Waals surface area (Å²) in [7, 11) is 1.95. The fourth-order valence-corrected chi connectivity index (χ4v) is 1.27. The molecule has 0 spiro atoms. The number of nitrogens with one attached hydrogen (secondary N) is 1. The van der Waals surface area contributed by atoms with Crippen LogP contribution in [0.25, 0.3) is 10.9 Å². The van der Waals surface area contributed by atoms with E-state index in [1.54, 1.807) is 0 Å². The fraction of sp³-hybridized carbons (Fsp3) is 0.286. The molecule has 2 aromatic rings. The quantitative estimate of drug-likeness (QED) is 0.578. The van der Waals surface area contributed by atoms with Gasteiger partial charge in [-0.1, -0.05) is 0 Å². The highest BCUT2D eigenvalue weighted by atomic mass is 15.3. The van der Waals surface area contributed by atoms with Crippen molar-refractivity contribution in [3.05, 3.63) is 18.1 Å². The Morgan fingerprint density at radius 2 is 2.40 bits per heavy atom. The number of aryl methyl sites for hydroxylation is 2. The summed E-state index contributed by atoms with van der Waals surface area (Å²) >= 11 is 0. The summed E-state index contributed by atoms with van der Waals surface area (Å²) in [6.45, 7) is 2.05. The van der Waals surface area contributed by atoms with Gasteiger partial charge in [0.15, 0.2) is 0 Å². The molecule has 10 heavy (non-hydrogen) atoms. The molecule has 3 heteroatoms. The van der Waals surface area contributed by atoms with Crippen LogP contribution in [0.1, 0.15) is 5.69 Å². The molecule has 0 radical (unpaired) electrons. The highest BCUT2D eigenvalue weighted by Crippen LogP contribution is 2.14. The third-order valence-corrected chi connectivity index (χ3v) is 1.77. The molecule has 2 heterocycles. The van der Waals surface area contributed by atoms with E-state index in [0.717, 1.165) is 0 Å². The van der Waals surface area contributed by atoms with Gasteiger partial charge in [-0.3, -0.25) is 4.68 Å². The Morgan fingerprint density at radius 3 is 3.10 bits per heavy atom. The van der Waals surface area contributed by atoms with Crippen molar-refractivity contribution < 1.29 is 0 Å². The van der Waals surface area contributed by atoms with Crippen molar-refractivity contribution in [2.24, 2.45) is 7.05 Å². The van der Waals surface area contributed by atoms with E-state index in [2.05, 4.69) is 10.1 Å². The zero-order valence-corrected chi connectivity index (χ0v) is 6.05. The van der Waals surface area contributed by atoms with Gasteiger partial charge in [0.1, 0.15) is 0 Å². The van der Waals surface area contributed by atoms with Gasteiger partial charge >= 0.3 is 0 Å². The molecule has 1 N–H and O–H groups in total. The van der Waals surface area contributed by atoms with Crippen LogP contribution in [0.5, 0.6) is 0 Å². The first-order valence-electron chi connectivity index (χ1n) is 3.25. The van der Waals surface area contributed by atoms with Gasteiger partial charge in [-0.05, 0) is 6.92 Å². The van der Waals surface area contributed by atoms with E-state index < -0.39 is 0 Å². The van der Waals surface area contributed by atoms with Crippen molar-refractivity contribution in [2.75, 3.05) is 0 Å². The van der Waals surface area contributed by atoms with E-state index in [9.17, 15) is 0 Å². The molecule has 0 bridgehead atoms. The van der Waals surface area contributed by atoms with Crippen LogP contribution in [0.4, 0.5) is 0 Å². The maximum Gasteiger partial charge on any atom is 0.0883 e. The van der Waals surface area contributed by atoms with Gasteiger partial charge in [-0.25, -0.2) is 0 Å². The van der Waals surface area contributed by atoms with E-state index in [0.29, 0.717) is 0 Å². The number of hydrogen-bond acceptors (Lipinski definition) is 1. The lowest BCUT2D eigenvalue weighted by molar-refractivity contribution is 0.792. The van der Waals surface area contributed by atoms with Crippen LogP contribution in [0.2, 0.25) is 0 Å². The Bertz CT molecular complexity index is 324. The molecule has 52 valence electrons. The van der Waals surface area contributed by atoms with Crippen molar-refractivity contribution >= 4 is 10.9 Å². The van der Waals surface area contributed by atoms with Crippen molar-refractivity contribution in [3.8, 4) is 0 Å². The number of nitrogens with zero attached hydrogens (tertiary/aromatic N) is 2. The number of aromatic nitrogens is 3. The van der Waals surface area contributed by atoms with Crippen LogP contribution in [-0.4, -0.2) is 14.8 Å². The van der Waals surface area contributed by atoms with Gasteiger partial charge < -0.3 is 4.98 Å². The molecule has 2 rings (SSSR count). The number of hydrogen-bond donors (Lipinski definition) is 1. The summed E-state index contributed by atoms with van der Waals surface area (Å²) in [5.41, 5.74) is 2.37. The molecule has 0 fully saturated rings. The smallest absolute Gasteiger partial charge is 0.0883 e. The molecule has 0 aliphatic heterocycles. The van der Waals surface area contributed by atoms with E-state index in [1.165, 1.54) is 16.6 Å². The maximum atomic E-state index is 4.11. The molecule has 0 saturated carbocycles.